The van der Waals surface area contributed by atoms with Crippen molar-refractivity contribution in [3.8, 4) is 0 Å². The van der Waals surface area contributed by atoms with E-state index in [9.17, 15) is 4.79 Å². The van der Waals surface area contributed by atoms with Crippen LogP contribution >= 0.6 is 24.0 Å². The molecule has 1 aliphatic rings. The first-order chi connectivity index (χ1) is 12.6. The maximum atomic E-state index is 11.7. The molecule has 7 nitrogen and oxygen atoms in total. The van der Waals surface area contributed by atoms with Gasteiger partial charge in [0, 0.05) is 32.2 Å². The van der Waals surface area contributed by atoms with Gasteiger partial charge in [-0.2, -0.15) is 0 Å². The fourth-order valence-electron chi connectivity index (χ4n) is 2.99. The number of hydrogen-bond donors (Lipinski definition) is 2. The van der Waals surface area contributed by atoms with Crippen LogP contribution in [0.1, 0.15) is 25.3 Å². The standard InChI is InChI=1S/C19H31N5O2.HI/c1-3-26-19(25)24-12-9-17(10-13-24)22-18(20)21-11-14-23(2)15-16-7-5-4-6-8-16;/h4-8,17H,3,9-15H2,1-2H3,(H3,20,21,22);1H. The van der Waals surface area contributed by atoms with Gasteiger partial charge in [-0.3, -0.25) is 4.99 Å². The van der Waals surface area contributed by atoms with Gasteiger partial charge in [-0.05, 0) is 32.4 Å². The molecule has 2 rings (SSSR count). The molecule has 1 amide bonds. The summed E-state index contributed by atoms with van der Waals surface area (Å²) in [6.45, 7) is 6.00. The first-order valence-electron chi connectivity index (χ1n) is 9.29. The van der Waals surface area contributed by atoms with E-state index in [0.29, 0.717) is 32.2 Å². The van der Waals surface area contributed by atoms with Gasteiger partial charge in [0.1, 0.15) is 0 Å². The molecule has 1 saturated heterocycles. The maximum Gasteiger partial charge on any atom is 0.409 e. The molecule has 0 bridgehead atoms. The van der Waals surface area contributed by atoms with E-state index in [2.05, 4.69) is 46.5 Å². The van der Waals surface area contributed by atoms with Gasteiger partial charge >= 0.3 is 6.09 Å². The van der Waals surface area contributed by atoms with E-state index in [-0.39, 0.29) is 36.1 Å². The quantitative estimate of drug-likeness (QED) is 0.349. The number of nitrogens with zero attached hydrogens (tertiary/aromatic N) is 3. The van der Waals surface area contributed by atoms with Crippen LogP contribution in [0.15, 0.2) is 35.3 Å². The van der Waals surface area contributed by atoms with Gasteiger partial charge in [-0.1, -0.05) is 30.3 Å². The van der Waals surface area contributed by atoms with E-state index in [1.54, 1.807) is 4.90 Å². The van der Waals surface area contributed by atoms with Crippen LogP contribution in [0.5, 0.6) is 0 Å². The number of ether oxygens (including phenoxy) is 1. The molecular formula is C19H32IN5O2. The predicted octanol–water partition coefficient (Wildman–Crippen LogP) is 2.26. The third-order valence-electron chi connectivity index (χ3n) is 4.43. The largest absolute Gasteiger partial charge is 0.450 e. The van der Waals surface area contributed by atoms with E-state index in [1.807, 2.05) is 13.0 Å². The molecule has 3 N–H and O–H groups in total. The summed E-state index contributed by atoms with van der Waals surface area (Å²) in [5.74, 6) is 0.479. The zero-order valence-electron chi connectivity index (χ0n) is 16.3. The SMILES string of the molecule is CCOC(=O)N1CCC(NC(N)=NCCN(C)Cc2ccccc2)CC1.I. The van der Waals surface area contributed by atoms with Crippen molar-refractivity contribution in [2.75, 3.05) is 39.8 Å². The molecule has 0 unspecified atom stereocenters. The van der Waals surface area contributed by atoms with E-state index >= 15 is 0 Å². The molecule has 0 spiro atoms. The lowest BCUT2D eigenvalue weighted by Crippen LogP contribution is -2.48. The number of hydrogen-bond acceptors (Lipinski definition) is 4. The van der Waals surface area contributed by atoms with Crippen molar-refractivity contribution < 1.29 is 9.53 Å². The summed E-state index contributed by atoms with van der Waals surface area (Å²) >= 11 is 0. The number of nitrogens with two attached hydrogens (primary N) is 1. The number of halogens is 1. The number of amides is 1. The number of benzene rings is 1. The van der Waals surface area contributed by atoms with Gasteiger partial charge in [-0.15, -0.1) is 24.0 Å². The molecule has 1 heterocycles. The van der Waals surface area contributed by atoms with Crippen molar-refractivity contribution in [1.82, 2.24) is 15.1 Å². The number of carbonyl (C=O) groups is 1. The Morgan fingerprint density at radius 2 is 2.00 bits per heavy atom. The lowest BCUT2D eigenvalue weighted by atomic mass is 10.1. The van der Waals surface area contributed by atoms with Crippen LogP contribution in [0.2, 0.25) is 0 Å². The number of likely N-dealkylation sites (tertiary alicyclic amines) is 1. The molecule has 0 atom stereocenters. The molecule has 0 saturated carbocycles. The summed E-state index contributed by atoms with van der Waals surface area (Å²) in [6.07, 6.45) is 1.47. The lowest BCUT2D eigenvalue weighted by molar-refractivity contribution is 0.0963. The highest BCUT2D eigenvalue weighted by molar-refractivity contribution is 14.0. The van der Waals surface area contributed by atoms with Crippen LogP contribution in [0.4, 0.5) is 4.79 Å². The van der Waals surface area contributed by atoms with Crippen LogP contribution in [0, 0.1) is 0 Å². The Balaban J connectivity index is 0.00000364. The smallest absolute Gasteiger partial charge is 0.409 e. The fourth-order valence-corrected chi connectivity index (χ4v) is 2.99. The summed E-state index contributed by atoms with van der Waals surface area (Å²) in [4.78, 5) is 20.1. The summed E-state index contributed by atoms with van der Waals surface area (Å²) in [5, 5.41) is 3.26. The normalized spacial score (nSPS) is 15.4. The number of aliphatic imine (C=N–C) groups is 1. The van der Waals surface area contributed by atoms with Crippen LogP contribution < -0.4 is 11.1 Å². The highest BCUT2D eigenvalue weighted by Gasteiger charge is 2.23. The van der Waals surface area contributed by atoms with E-state index < -0.39 is 0 Å². The van der Waals surface area contributed by atoms with Gasteiger partial charge in [0.25, 0.3) is 0 Å². The topological polar surface area (TPSA) is 83.2 Å². The van der Waals surface area contributed by atoms with Crippen LogP contribution in [0.25, 0.3) is 0 Å². The Labute approximate surface area is 179 Å². The Hall–Kier alpha value is -1.55. The zero-order chi connectivity index (χ0) is 18.8. The number of carbonyl (C=O) groups excluding carboxylic acids is 1. The van der Waals surface area contributed by atoms with Crippen molar-refractivity contribution in [1.29, 1.82) is 0 Å². The Morgan fingerprint density at radius 3 is 2.63 bits per heavy atom. The second kappa shape index (κ2) is 12.8. The van der Waals surface area contributed by atoms with Crippen LogP contribution in [-0.4, -0.2) is 67.7 Å². The minimum atomic E-state index is -0.228. The molecule has 0 aliphatic carbocycles. The van der Waals surface area contributed by atoms with Gasteiger partial charge < -0.3 is 25.6 Å². The minimum absolute atomic E-state index is 0. The summed E-state index contributed by atoms with van der Waals surface area (Å²) in [7, 11) is 2.08. The number of likely N-dealkylation sites (N-methyl/N-ethyl adjacent to an activating group) is 1. The summed E-state index contributed by atoms with van der Waals surface area (Å²) in [6, 6.07) is 10.6. The molecular weight excluding hydrogens is 457 g/mol. The monoisotopic (exact) mass is 489 g/mol. The summed E-state index contributed by atoms with van der Waals surface area (Å²) in [5.41, 5.74) is 7.29. The van der Waals surface area contributed by atoms with E-state index in [1.165, 1.54) is 5.56 Å². The molecule has 1 aliphatic heterocycles. The van der Waals surface area contributed by atoms with Crippen molar-refractivity contribution in [2.45, 2.75) is 32.4 Å². The first-order valence-corrected chi connectivity index (χ1v) is 9.29. The Bertz CT molecular complexity index is 577. The summed E-state index contributed by atoms with van der Waals surface area (Å²) < 4.78 is 5.03. The molecule has 8 heteroatoms. The van der Waals surface area contributed by atoms with E-state index in [4.69, 9.17) is 10.5 Å². The van der Waals surface area contributed by atoms with Crippen molar-refractivity contribution in [3.63, 3.8) is 0 Å². The van der Waals surface area contributed by atoms with Crippen LogP contribution in [0.3, 0.4) is 0 Å². The number of rotatable bonds is 7. The van der Waals surface area contributed by atoms with Crippen molar-refractivity contribution in [2.24, 2.45) is 10.7 Å². The van der Waals surface area contributed by atoms with Gasteiger partial charge in [-0.25, -0.2) is 4.79 Å². The second-order valence-corrected chi connectivity index (χ2v) is 6.59. The third-order valence-corrected chi connectivity index (χ3v) is 4.43. The van der Waals surface area contributed by atoms with Gasteiger partial charge in [0.15, 0.2) is 5.96 Å². The number of nitrogens with one attached hydrogen (secondary N) is 1. The minimum Gasteiger partial charge on any atom is -0.450 e. The average molecular weight is 489 g/mol. The highest BCUT2D eigenvalue weighted by Crippen LogP contribution is 2.11. The van der Waals surface area contributed by atoms with Crippen molar-refractivity contribution >= 4 is 36.0 Å². The predicted molar refractivity (Wildman–Crippen MR) is 119 cm³/mol. The molecule has 27 heavy (non-hydrogen) atoms. The molecule has 1 fully saturated rings. The Morgan fingerprint density at radius 1 is 1.33 bits per heavy atom. The molecule has 152 valence electrons. The van der Waals surface area contributed by atoms with Gasteiger partial charge in [0.05, 0.1) is 13.2 Å². The molecule has 0 aromatic heterocycles. The van der Waals surface area contributed by atoms with Gasteiger partial charge in [0.2, 0.25) is 0 Å². The molecule has 1 aromatic carbocycles. The maximum absolute atomic E-state index is 11.7. The second-order valence-electron chi connectivity index (χ2n) is 6.59. The molecule has 1 aromatic rings. The van der Waals surface area contributed by atoms with Crippen LogP contribution in [-0.2, 0) is 11.3 Å². The first kappa shape index (κ1) is 23.5. The zero-order valence-corrected chi connectivity index (χ0v) is 18.6. The lowest BCUT2D eigenvalue weighted by Gasteiger charge is -2.31. The van der Waals surface area contributed by atoms with E-state index in [0.717, 1.165) is 25.9 Å². The number of piperidine rings is 1. The molecule has 0 radical (unpaired) electrons. The van der Waals surface area contributed by atoms with Crippen molar-refractivity contribution in [3.05, 3.63) is 35.9 Å². The number of guanidine groups is 1. The average Bonchev–Trinajstić information content (AvgIpc) is 2.63. The third kappa shape index (κ3) is 8.79. The Kier molecular flexibility index (Phi) is 11.1. The fraction of sp³-hybridized carbons (Fsp3) is 0.579. The highest BCUT2D eigenvalue weighted by atomic mass is 127.